The van der Waals surface area contributed by atoms with Crippen molar-refractivity contribution in [2.75, 3.05) is 19.3 Å². The molecule has 1 rings (SSSR count). The topological polar surface area (TPSA) is 57.6 Å². The zero-order chi connectivity index (χ0) is 13.5. The maximum absolute atomic E-state index is 11.6. The number of hydrogen-bond donors (Lipinski definition) is 1. The Balaban J connectivity index is 2.31. The monoisotopic (exact) mass is 267 g/mol. The fourth-order valence-electron chi connectivity index (χ4n) is 1.37. The highest BCUT2D eigenvalue weighted by molar-refractivity contribution is 7.99. The third kappa shape index (κ3) is 5.23. The van der Waals surface area contributed by atoms with E-state index in [2.05, 4.69) is 0 Å². The molecule has 1 aromatic carbocycles. The zero-order valence-corrected chi connectivity index (χ0v) is 11.4. The molecular weight excluding hydrogens is 250 g/mol. The van der Waals surface area contributed by atoms with Crippen molar-refractivity contribution in [2.24, 2.45) is 0 Å². The summed E-state index contributed by atoms with van der Waals surface area (Å²) in [7, 11) is 1.51. The molecule has 18 heavy (non-hydrogen) atoms. The minimum atomic E-state index is -0.989. The van der Waals surface area contributed by atoms with Gasteiger partial charge in [-0.25, -0.2) is 0 Å². The number of carbonyl (C=O) groups is 2. The van der Waals surface area contributed by atoms with Gasteiger partial charge in [0, 0.05) is 24.1 Å². The predicted octanol–water partition coefficient (Wildman–Crippen LogP) is 2.02. The van der Waals surface area contributed by atoms with Crippen LogP contribution in [0.5, 0.6) is 0 Å². The molecule has 1 aromatic rings. The van der Waals surface area contributed by atoms with Gasteiger partial charge in [0.1, 0.15) is 6.54 Å². The molecule has 0 aromatic heterocycles. The molecule has 0 aliphatic heterocycles. The van der Waals surface area contributed by atoms with Crippen LogP contribution in [0.2, 0.25) is 0 Å². The first-order valence-corrected chi connectivity index (χ1v) is 6.63. The van der Waals surface area contributed by atoms with E-state index in [1.165, 1.54) is 17.5 Å². The van der Waals surface area contributed by atoms with Gasteiger partial charge in [-0.1, -0.05) is 17.7 Å². The highest BCUT2D eigenvalue weighted by Crippen LogP contribution is 2.19. The van der Waals surface area contributed by atoms with Crippen molar-refractivity contribution in [1.29, 1.82) is 0 Å². The minimum Gasteiger partial charge on any atom is -0.480 e. The summed E-state index contributed by atoms with van der Waals surface area (Å²) in [6.45, 7) is 1.78. The number of thioether (sulfide) groups is 1. The van der Waals surface area contributed by atoms with E-state index in [9.17, 15) is 9.59 Å². The van der Waals surface area contributed by atoms with Crippen molar-refractivity contribution < 1.29 is 14.7 Å². The predicted molar refractivity (Wildman–Crippen MR) is 71.8 cm³/mol. The molecule has 0 spiro atoms. The van der Waals surface area contributed by atoms with E-state index < -0.39 is 5.97 Å². The summed E-state index contributed by atoms with van der Waals surface area (Å²) in [6.07, 6.45) is 0.350. The number of aliphatic carboxylic acids is 1. The molecule has 0 aliphatic rings. The fraction of sp³-hybridized carbons (Fsp3) is 0.385. The molecule has 0 fully saturated rings. The van der Waals surface area contributed by atoms with Crippen LogP contribution in [0.25, 0.3) is 0 Å². The molecule has 1 N–H and O–H groups in total. The van der Waals surface area contributed by atoms with E-state index >= 15 is 0 Å². The van der Waals surface area contributed by atoms with Crippen molar-refractivity contribution in [1.82, 2.24) is 4.90 Å². The van der Waals surface area contributed by atoms with E-state index in [4.69, 9.17) is 5.11 Å². The highest BCUT2D eigenvalue weighted by Gasteiger charge is 2.11. The highest BCUT2D eigenvalue weighted by atomic mass is 32.2. The van der Waals surface area contributed by atoms with E-state index in [1.807, 2.05) is 31.2 Å². The Morgan fingerprint density at radius 1 is 1.28 bits per heavy atom. The number of amides is 1. The van der Waals surface area contributed by atoms with Gasteiger partial charge in [0.05, 0.1) is 0 Å². The summed E-state index contributed by atoms with van der Waals surface area (Å²) in [5, 5.41) is 8.56. The molecule has 0 bridgehead atoms. The molecule has 0 saturated carbocycles. The van der Waals surface area contributed by atoms with Gasteiger partial charge in [0.25, 0.3) is 0 Å². The smallest absolute Gasteiger partial charge is 0.323 e. The molecule has 0 saturated heterocycles. The van der Waals surface area contributed by atoms with Gasteiger partial charge in [-0.05, 0) is 19.1 Å². The zero-order valence-electron chi connectivity index (χ0n) is 10.5. The third-order valence-electron chi connectivity index (χ3n) is 2.40. The number of hydrogen-bond acceptors (Lipinski definition) is 3. The van der Waals surface area contributed by atoms with Crippen molar-refractivity contribution >= 4 is 23.6 Å². The molecule has 4 nitrogen and oxygen atoms in total. The van der Waals surface area contributed by atoms with E-state index in [0.29, 0.717) is 12.2 Å². The van der Waals surface area contributed by atoms with Crippen LogP contribution in [0, 0.1) is 6.92 Å². The molecule has 5 heteroatoms. The van der Waals surface area contributed by atoms with Crippen LogP contribution in [0.4, 0.5) is 0 Å². The molecule has 0 heterocycles. The Kier molecular flexibility index (Phi) is 5.71. The van der Waals surface area contributed by atoms with Gasteiger partial charge >= 0.3 is 5.97 Å². The first-order valence-electron chi connectivity index (χ1n) is 5.64. The summed E-state index contributed by atoms with van der Waals surface area (Å²) >= 11 is 1.60. The number of carbonyl (C=O) groups excluding carboxylic acids is 1. The van der Waals surface area contributed by atoms with Crippen LogP contribution < -0.4 is 0 Å². The Bertz CT molecular complexity index is 417. The van der Waals surface area contributed by atoms with Crippen LogP contribution in [0.15, 0.2) is 29.2 Å². The van der Waals surface area contributed by atoms with Gasteiger partial charge in [-0.3, -0.25) is 9.59 Å². The number of rotatable bonds is 6. The molecule has 0 unspecified atom stereocenters. The summed E-state index contributed by atoms with van der Waals surface area (Å²) in [6, 6.07) is 8.10. The lowest BCUT2D eigenvalue weighted by molar-refractivity contribution is -0.143. The summed E-state index contributed by atoms with van der Waals surface area (Å²) in [5.41, 5.74) is 1.21. The normalized spacial score (nSPS) is 10.1. The molecule has 98 valence electrons. The van der Waals surface area contributed by atoms with Gasteiger partial charge < -0.3 is 10.0 Å². The maximum Gasteiger partial charge on any atom is 0.323 e. The first-order chi connectivity index (χ1) is 8.49. The summed E-state index contributed by atoms with van der Waals surface area (Å²) < 4.78 is 0. The van der Waals surface area contributed by atoms with Crippen molar-refractivity contribution in [2.45, 2.75) is 18.2 Å². The number of nitrogens with zero attached hydrogens (tertiary/aromatic N) is 1. The lowest BCUT2D eigenvalue weighted by Crippen LogP contribution is -2.32. The quantitative estimate of drug-likeness (QED) is 0.801. The van der Waals surface area contributed by atoms with Crippen molar-refractivity contribution in [3.63, 3.8) is 0 Å². The van der Waals surface area contributed by atoms with Gasteiger partial charge in [0.15, 0.2) is 0 Å². The van der Waals surface area contributed by atoms with Gasteiger partial charge in [-0.15, -0.1) is 11.8 Å². The van der Waals surface area contributed by atoms with Crippen LogP contribution in [-0.2, 0) is 9.59 Å². The molecule has 1 amide bonds. The lowest BCUT2D eigenvalue weighted by Gasteiger charge is -2.14. The van der Waals surface area contributed by atoms with Crippen LogP contribution in [-0.4, -0.2) is 41.2 Å². The Morgan fingerprint density at radius 2 is 1.89 bits per heavy atom. The number of aryl methyl sites for hydroxylation is 1. The van der Waals surface area contributed by atoms with Crippen LogP contribution in [0.3, 0.4) is 0 Å². The average molecular weight is 267 g/mol. The number of carboxylic acid groups (broad SMARTS) is 1. The maximum atomic E-state index is 11.6. The largest absolute Gasteiger partial charge is 0.480 e. The van der Waals surface area contributed by atoms with Crippen molar-refractivity contribution in [3.05, 3.63) is 29.8 Å². The SMILES string of the molecule is Cc1ccc(SCCC(=O)N(C)CC(=O)O)cc1. The molecular formula is C13H17NO3S. The standard InChI is InChI=1S/C13H17NO3S/c1-10-3-5-11(6-4-10)18-8-7-12(15)14(2)9-13(16)17/h3-6H,7-9H2,1-2H3,(H,16,17). The molecule has 0 aliphatic carbocycles. The van der Waals surface area contributed by atoms with Gasteiger partial charge in [-0.2, -0.15) is 0 Å². The lowest BCUT2D eigenvalue weighted by atomic mass is 10.2. The van der Waals surface area contributed by atoms with E-state index in [-0.39, 0.29) is 12.5 Å². The number of carboxylic acids is 1. The van der Waals surface area contributed by atoms with Gasteiger partial charge in [0.2, 0.25) is 5.91 Å². The number of likely N-dealkylation sites (N-methyl/N-ethyl adjacent to an activating group) is 1. The van der Waals surface area contributed by atoms with E-state index in [0.717, 1.165) is 4.90 Å². The second-order valence-corrected chi connectivity index (χ2v) is 5.22. The minimum absolute atomic E-state index is 0.142. The Labute approximate surface area is 111 Å². The average Bonchev–Trinajstić information content (AvgIpc) is 2.30. The first kappa shape index (κ1) is 14.6. The third-order valence-corrected chi connectivity index (χ3v) is 3.42. The second kappa shape index (κ2) is 7.06. The fourth-order valence-corrected chi connectivity index (χ4v) is 2.21. The molecule has 0 radical (unpaired) electrons. The Hall–Kier alpha value is -1.49. The second-order valence-electron chi connectivity index (χ2n) is 4.06. The molecule has 0 atom stereocenters. The van der Waals surface area contributed by atoms with Crippen molar-refractivity contribution in [3.8, 4) is 0 Å². The number of benzene rings is 1. The summed E-state index contributed by atoms with van der Waals surface area (Å²) in [4.78, 5) is 24.4. The van der Waals surface area contributed by atoms with Crippen LogP contribution in [0.1, 0.15) is 12.0 Å². The Morgan fingerprint density at radius 3 is 2.44 bits per heavy atom. The van der Waals surface area contributed by atoms with E-state index in [1.54, 1.807) is 11.8 Å². The van der Waals surface area contributed by atoms with Crippen LogP contribution >= 0.6 is 11.8 Å². The summed E-state index contributed by atoms with van der Waals surface area (Å²) in [5.74, 6) is -0.472.